The van der Waals surface area contributed by atoms with Gasteiger partial charge in [0.2, 0.25) is 11.5 Å². The highest BCUT2D eigenvalue weighted by atomic mass is 16.5. The van der Waals surface area contributed by atoms with E-state index in [2.05, 4.69) is 60.3 Å². The topological polar surface area (TPSA) is 72.9 Å². The molecule has 0 aliphatic carbocycles. The Kier molecular flexibility index (Phi) is 6.80. The van der Waals surface area contributed by atoms with Crippen molar-refractivity contribution in [3.8, 4) is 46.0 Å². The molecular formula is C37H38N2O6. The predicted octanol–water partition coefficient (Wildman–Crippen LogP) is 6.74. The molecule has 2 unspecified atom stereocenters. The van der Waals surface area contributed by atoms with Crippen molar-refractivity contribution in [3.63, 3.8) is 0 Å². The van der Waals surface area contributed by atoms with Crippen LogP contribution in [0, 0.1) is 0 Å². The predicted molar refractivity (Wildman–Crippen MR) is 171 cm³/mol. The molecule has 0 saturated heterocycles. The van der Waals surface area contributed by atoms with E-state index in [0.29, 0.717) is 35.4 Å². The number of hydrogen-bond donors (Lipinski definition) is 1. The Balaban J connectivity index is 1.33. The molecule has 1 N–H and O–H groups in total. The van der Waals surface area contributed by atoms with Crippen LogP contribution in [0.5, 0.6) is 46.0 Å². The Labute approximate surface area is 263 Å². The van der Waals surface area contributed by atoms with Crippen molar-refractivity contribution in [3.05, 3.63) is 93.5 Å². The molecule has 7 heterocycles. The number of ether oxygens (including phenoxy) is 5. The highest BCUT2D eigenvalue weighted by Crippen LogP contribution is 2.53. The maximum absolute atomic E-state index is 11.4. The maximum Gasteiger partial charge on any atom is 0.204 e. The molecule has 8 heteroatoms. The molecule has 232 valence electrons. The average Bonchev–Trinajstić information content (AvgIpc) is 3.24. The van der Waals surface area contributed by atoms with Crippen molar-refractivity contribution in [2.24, 2.45) is 0 Å². The molecule has 45 heavy (non-hydrogen) atoms. The zero-order valence-corrected chi connectivity index (χ0v) is 26.2. The molecule has 0 radical (unpaired) electrons. The Morgan fingerprint density at radius 2 is 1.31 bits per heavy atom. The van der Waals surface area contributed by atoms with Gasteiger partial charge in [-0.15, -0.1) is 0 Å². The fraction of sp³-hybridized carbons (Fsp3) is 0.351. The Bertz CT molecular complexity index is 1800. The second-order valence-corrected chi connectivity index (χ2v) is 12.6. The molecule has 4 aromatic carbocycles. The molecular weight excluding hydrogens is 568 g/mol. The zero-order chi connectivity index (χ0) is 30.8. The van der Waals surface area contributed by atoms with Crippen molar-refractivity contribution in [2.45, 2.75) is 44.4 Å². The van der Waals surface area contributed by atoms with Gasteiger partial charge >= 0.3 is 0 Å². The third kappa shape index (κ3) is 4.66. The summed E-state index contributed by atoms with van der Waals surface area (Å²) in [5.74, 6) is 4.49. The standard InChI is InChI=1S/C37H38N2O6/c1-38-14-12-24-19-31(42-4)35-37-33(24)27(38)16-21-5-8-26(9-6-21)44-36-32-23(18-30(41-3)34(36)40)11-13-39(2)28(32)17-22-7-10-29(45-37)25(15-22)20-43-35/h5-10,15,18-19,27-28,40H,11-14,16-17,20H2,1-4H3. The number of benzene rings is 4. The zero-order valence-electron chi connectivity index (χ0n) is 26.2. The summed E-state index contributed by atoms with van der Waals surface area (Å²) >= 11 is 0. The third-order valence-corrected chi connectivity index (χ3v) is 10.0. The van der Waals surface area contributed by atoms with Crippen LogP contribution in [0.3, 0.4) is 0 Å². The van der Waals surface area contributed by atoms with Gasteiger partial charge in [0.05, 0.1) is 14.2 Å². The van der Waals surface area contributed by atoms with Gasteiger partial charge in [0.25, 0.3) is 0 Å². The van der Waals surface area contributed by atoms with Crippen LogP contribution >= 0.6 is 0 Å². The van der Waals surface area contributed by atoms with Gasteiger partial charge in [-0.3, -0.25) is 9.80 Å². The number of likely N-dealkylation sites (N-methyl/N-ethyl adjacent to an activating group) is 2. The lowest BCUT2D eigenvalue weighted by Gasteiger charge is -2.37. The summed E-state index contributed by atoms with van der Waals surface area (Å²) in [6.45, 7) is 2.18. The van der Waals surface area contributed by atoms with Crippen LogP contribution < -0.4 is 23.7 Å². The minimum Gasteiger partial charge on any atom is -0.502 e. The van der Waals surface area contributed by atoms with E-state index in [1.165, 1.54) is 11.1 Å². The highest BCUT2D eigenvalue weighted by Gasteiger charge is 2.36. The monoisotopic (exact) mass is 606 g/mol. The van der Waals surface area contributed by atoms with Crippen molar-refractivity contribution in [1.82, 2.24) is 9.80 Å². The van der Waals surface area contributed by atoms with Crippen LogP contribution in [-0.2, 0) is 32.3 Å². The summed E-state index contributed by atoms with van der Waals surface area (Å²) in [4.78, 5) is 4.73. The summed E-state index contributed by atoms with van der Waals surface area (Å²) in [5.41, 5.74) is 7.81. The van der Waals surface area contributed by atoms with Crippen molar-refractivity contribution < 1.29 is 28.8 Å². The lowest BCUT2D eigenvalue weighted by atomic mass is 9.87. The first-order valence-electron chi connectivity index (χ1n) is 15.7. The molecule has 0 spiro atoms. The van der Waals surface area contributed by atoms with Gasteiger partial charge in [-0.2, -0.15) is 0 Å². The SMILES string of the molecule is COc1cc2c3c(c1O)Oc1ccc(cc1)CC1c4c(cc(OC)c5c4Oc4ccc(cc4CO5)CC3N(C)CC2)CCN1C. The molecule has 0 saturated carbocycles. The van der Waals surface area contributed by atoms with Crippen LogP contribution in [0.2, 0.25) is 0 Å². The summed E-state index contributed by atoms with van der Waals surface area (Å²) in [5, 5.41) is 11.4. The fourth-order valence-electron chi connectivity index (χ4n) is 7.52. The first-order valence-corrected chi connectivity index (χ1v) is 15.7. The highest BCUT2D eigenvalue weighted by molar-refractivity contribution is 5.64. The lowest BCUT2D eigenvalue weighted by molar-refractivity contribution is 0.221. The number of aromatic hydroxyl groups is 1. The van der Waals surface area contributed by atoms with Crippen molar-refractivity contribution in [2.75, 3.05) is 41.4 Å². The van der Waals surface area contributed by atoms with E-state index in [1.807, 2.05) is 18.2 Å². The minimum atomic E-state index is -0.0232. The van der Waals surface area contributed by atoms with Crippen LogP contribution in [0.4, 0.5) is 0 Å². The van der Waals surface area contributed by atoms with E-state index in [0.717, 1.165) is 78.1 Å². The Morgan fingerprint density at radius 3 is 2.00 bits per heavy atom. The summed E-state index contributed by atoms with van der Waals surface area (Å²) < 4.78 is 31.4. The summed E-state index contributed by atoms with van der Waals surface area (Å²) in [6, 6.07) is 18.8. The number of nitrogens with zero attached hydrogens (tertiary/aromatic N) is 2. The normalized spacial score (nSPS) is 20.3. The molecule has 2 atom stereocenters. The van der Waals surface area contributed by atoms with Gasteiger partial charge in [0.15, 0.2) is 23.0 Å². The second kappa shape index (κ2) is 10.9. The molecule has 4 aromatic rings. The molecule has 6 bridgehead atoms. The van der Waals surface area contributed by atoms with Gasteiger partial charge in [-0.25, -0.2) is 0 Å². The van der Waals surface area contributed by atoms with Gasteiger partial charge in [0, 0.05) is 41.9 Å². The summed E-state index contributed by atoms with van der Waals surface area (Å²) in [7, 11) is 7.59. The minimum absolute atomic E-state index is 0.0232. The number of methoxy groups -OCH3 is 2. The molecule has 7 aliphatic heterocycles. The quantitative estimate of drug-likeness (QED) is 0.269. The molecule has 8 nitrogen and oxygen atoms in total. The molecule has 0 aromatic heterocycles. The van der Waals surface area contributed by atoms with Crippen LogP contribution in [0.15, 0.2) is 54.6 Å². The number of phenols is 1. The summed E-state index contributed by atoms with van der Waals surface area (Å²) in [6.07, 6.45) is 3.23. The molecule has 7 aliphatic rings. The number of rotatable bonds is 2. The lowest BCUT2D eigenvalue weighted by Crippen LogP contribution is -2.34. The van der Waals surface area contributed by atoms with E-state index in [4.69, 9.17) is 23.7 Å². The number of hydrogen-bond acceptors (Lipinski definition) is 8. The number of phenolic OH excluding ortho intramolecular Hbond substituents is 1. The van der Waals surface area contributed by atoms with Crippen LogP contribution in [0.1, 0.15) is 51.0 Å². The van der Waals surface area contributed by atoms with Crippen LogP contribution in [-0.4, -0.2) is 56.3 Å². The van der Waals surface area contributed by atoms with Crippen LogP contribution in [0.25, 0.3) is 0 Å². The molecule has 11 rings (SSSR count). The van der Waals surface area contributed by atoms with E-state index in [9.17, 15) is 5.11 Å². The van der Waals surface area contributed by atoms with E-state index in [1.54, 1.807) is 14.2 Å². The van der Waals surface area contributed by atoms with Gasteiger partial charge < -0.3 is 28.8 Å². The van der Waals surface area contributed by atoms with E-state index >= 15 is 0 Å². The van der Waals surface area contributed by atoms with Gasteiger partial charge in [-0.05, 0) is 98.4 Å². The van der Waals surface area contributed by atoms with Crippen molar-refractivity contribution >= 4 is 0 Å². The molecule has 0 amide bonds. The van der Waals surface area contributed by atoms with Gasteiger partial charge in [0.1, 0.15) is 18.1 Å². The molecule has 0 fully saturated rings. The first-order chi connectivity index (χ1) is 21.9. The Hall–Kier alpha value is -4.40. The smallest absolute Gasteiger partial charge is 0.204 e. The van der Waals surface area contributed by atoms with E-state index in [-0.39, 0.29) is 17.8 Å². The second-order valence-electron chi connectivity index (χ2n) is 12.6. The fourth-order valence-corrected chi connectivity index (χ4v) is 7.52. The third-order valence-electron chi connectivity index (χ3n) is 10.0. The van der Waals surface area contributed by atoms with Crippen molar-refractivity contribution in [1.29, 1.82) is 0 Å². The van der Waals surface area contributed by atoms with E-state index < -0.39 is 0 Å². The maximum atomic E-state index is 11.4. The Morgan fingerprint density at radius 1 is 0.689 bits per heavy atom. The average molecular weight is 607 g/mol. The largest absolute Gasteiger partial charge is 0.502 e. The first kappa shape index (κ1) is 28.1. The van der Waals surface area contributed by atoms with Gasteiger partial charge in [-0.1, -0.05) is 18.2 Å².